The molecule has 1 amide bonds. The van der Waals surface area contributed by atoms with Crippen molar-refractivity contribution in [3.8, 4) is 0 Å². The Kier molecular flexibility index (Phi) is 3.68. The number of Topliss-reactive ketones (excluding diaryl/α,β-unsaturated/α-hetero) is 2. The molecule has 0 bridgehead atoms. The van der Waals surface area contributed by atoms with E-state index in [9.17, 15) is 29.7 Å². The third-order valence-electron chi connectivity index (χ3n) is 6.61. The van der Waals surface area contributed by atoms with E-state index in [1.54, 1.807) is 6.07 Å². The highest BCUT2D eigenvalue weighted by atomic mass is 16.4. The molecule has 1 aromatic heterocycles. The van der Waals surface area contributed by atoms with Crippen molar-refractivity contribution in [2.75, 3.05) is 5.73 Å². The van der Waals surface area contributed by atoms with Gasteiger partial charge in [0.25, 0.3) is 5.91 Å². The van der Waals surface area contributed by atoms with Gasteiger partial charge in [0.15, 0.2) is 23.4 Å². The normalized spacial score (nSPS) is 30.3. The van der Waals surface area contributed by atoms with Crippen LogP contribution in [0.1, 0.15) is 17.5 Å². The molecule has 3 aliphatic carbocycles. The predicted octanol–water partition coefficient (Wildman–Crippen LogP) is -0.621. The number of benzene rings is 1. The van der Waals surface area contributed by atoms with Crippen LogP contribution in [0.25, 0.3) is 16.9 Å². The van der Waals surface area contributed by atoms with Gasteiger partial charge in [-0.3, -0.25) is 14.4 Å². The summed E-state index contributed by atoms with van der Waals surface area (Å²) in [7, 11) is 0. The Morgan fingerprint density at radius 1 is 1.29 bits per heavy atom. The third kappa shape index (κ3) is 2.19. The molecule has 1 heterocycles. The summed E-state index contributed by atoms with van der Waals surface area (Å²) in [5.74, 6) is -6.83. The molecule has 1 unspecified atom stereocenters. The van der Waals surface area contributed by atoms with Crippen molar-refractivity contribution in [1.29, 1.82) is 0 Å². The zero-order valence-corrected chi connectivity index (χ0v) is 16.0. The molecule has 0 aliphatic heterocycles. The summed E-state index contributed by atoms with van der Waals surface area (Å²) in [6, 6.07) is 0.132. The van der Waals surface area contributed by atoms with Gasteiger partial charge in [-0.05, 0) is 30.4 Å². The van der Waals surface area contributed by atoms with E-state index in [1.807, 2.05) is 0 Å². The minimum Gasteiger partial charge on any atom is -0.508 e. The molecule has 1 aromatic carbocycles. The van der Waals surface area contributed by atoms with Crippen LogP contribution < -0.4 is 17.2 Å². The lowest BCUT2D eigenvalue weighted by molar-refractivity contribution is -0.149. The van der Waals surface area contributed by atoms with Crippen LogP contribution in [0.2, 0.25) is 0 Å². The van der Waals surface area contributed by atoms with Crippen molar-refractivity contribution in [2.45, 2.75) is 24.5 Å². The van der Waals surface area contributed by atoms with E-state index in [-0.39, 0.29) is 29.6 Å². The highest BCUT2D eigenvalue weighted by Crippen LogP contribution is 2.52. The number of primary amides is 1. The van der Waals surface area contributed by atoms with Crippen LogP contribution in [0, 0.1) is 11.8 Å². The quantitative estimate of drug-likeness (QED) is 0.251. The molecule has 2 aromatic rings. The number of carbonyl (C=O) groups is 3. The van der Waals surface area contributed by atoms with E-state index in [0.29, 0.717) is 16.8 Å². The summed E-state index contributed by atoms with van der Waals surface area (Å²) < 4.78 is 5.37. The van der Waals surface area contributed by atoms with Gasteiger partial charge in [-0.2, -0.15) is 0 Å². The maximum atomic E-state index is 13.5. The first-order valence-electron chi connectivity index (χ1n) is 9.47. The van der Waals surface area contributed by atoms with Crippen molar-refractivity contribution in [3.63, 3.8) is 0 Å². The van der Waals surface area contributed by atoms with Gasteiger partial charge in [0.05, 0.1) is 11.6 Å². The molecule has 0 radical (unpaired) electrons. The Labute approximate surface area is 173 Å². The molecule has 11 nitrogen and oxygen atoms in total. The smallest absolute Gasteiger partial charge is 0.255 e. The summed E-state index contributed by atoms with van der Waals surface area (Å²) in [6.45, 7) is 0. The molecule has 0 saturated heterocycles. The van der Waals surface area contributed by atoms with Gasteiger partial charge in [-0.25, -0.2) is 4.98 Å². The molecule has 5 rings (SSSR count). The number of anilines is 1. The summed E-state index contributed by atoms with van der Waals surface area (Å²) in [5.41, 5.74) is 15.1. The summed E-state index contributed by atoms with van der Waals surface area (Å²) >= 11 is 0. The van der Waals surface area contributed by atoms with Gasteiger partial charge in [-0.15, -0.1) is 0 Å². The maximum Gasteiger partial charge on any atom is 0.255 e. The Morgan fingerprint density at radius 2 is 2.00 bits per heavy atom. The van der Waals surface area contributed by atoms with E-state index in [4.69, 9.17) is 21.6 Å². The van der Waals surface area contributed by atoms with E-state index < -0.39 is 58.0 Å². The third-order valence-corrected chi connectivity index (χ3v) is 6.61. The number of oxazole rings is 1. The summed E-state index contributed by atoms with van der Waals surface area (Å²) in [6.07, 6.45) is 1.34. The van der Waals surface area contributed by atoms with Crippen LogP contribution >= 0.6 is 0 Å². The lowest BCUT2D eigenvalue weighted by Gasteiger charge is -2.48. The first kappa shape index (κ1) is 19.3. The van der Waals surface area contributed by atoms with Gasteiger partial charge in [0, 0.05) is 17.2 Å². The Morgan fingerprint density at radius 3 is 2.68 bits per heavy atom. The number of ketones is 2. The fourth-order valence-corrected chi connectivity index (χ4v) is 5.14. The van der Waals surface area contributed by atoms with Gasteiger partial charge < -0.3 is 36.9 Å². The van der Waals surface area contributed by atoms with Crippen LogP contribution in [0.15, 0.2) is 33.8 Å². The Hall–Kier alpha value is -3.70. The molecule has 160 valence electrons. The van der Waals surface area contributed by atoms with Crippen molar-refractivity contribution in [3.05, 3.63) is 40.5 Å². The van der Waals surface area contributed by atoms with Crippen LogP contribution in [-0.4, -0.2) is 49.4 Å². The lowest BCUT2D eigenvalue weighted by atomic mass is 9.58. The molecule has 1 fully saturated rings. The standard InChI is InChI=1S/C20H18N4O7/c21-8-3-9-16(31-4-24-9)11-6(8)1-5-2-7-13(22)15(26)12(19(23)29)18(28)20(7,30)17(27)10(5)14(11)25/h3-5,7,13,25,28,30H,1-2,21-22H2,(H2,23,29)/t5-,7-,13?,20-/m0/s1. The molecule has 31 heavy (non-hydrogen) atoms. The van der Waals surface area contributed by atoms with Gasteiger partial charge in [0.1, 0.15) is 22.6 Å². The molecule has 3 aliphatic rings. The Balaban J connectivity index is 1.78. The first-order chi connectivity index (χ1) is 14.6. The predicted molar refractivity (Wildman–Crippen MR) is 105 cm³/mol. The van der Waals surface area contributed by atoms with E-state index >= 15 is 0 Å². The number of rotatable bonds is 1. The van der Waals surface area contributed by atoms with Crippen molar-refractivity contribution in [1.82, 2.24) is 4.98 Å². The molecule has 4 atom stereocenters. The number of nitrogens with zero attached hydrogens (tertiary/aromatic N) is 1. The second-order valence-corrected chi connectivity index (χ2v) is 8.10. The maximum absolute atomic E-state index is 13.5. The lowest BCUT2D eigenvalue weighted by Crippen LogP contribution is -2.65. The highest BCUT2D eigenvalue weighted by molar-refractivity contribution is 6.24. The van der Waals surface area contributed by atoms with Crippen molar-refractivity contribution in [2.24, 2.45) is 23.3 Å². The number of nitrogen functional groups attached to an aromatic ring is 1. The summed E-state index contributed by atoms with van der Waals surface area (Å²) in [5, 5.41) is 32.9. The molecule has 0 spiro atoms. The van der Waals surface area contributed by atoms with Crippen LogP contribution in [0.3, 0.4) is 0 Å². The average Bonchev–Trinajstić information content (AvgIpc) is 3.16. The van der Waals surface area contributed by atoms with Crippen LogP contribution in [0.5, 0.6) is 0 Å². The minimum absolute atomic E-state index is 0.0298. The fraction of sp³-hybridized carbons (Fsp3) is 0.300. The largest absolute Gasteiger partial charge is 0.508 e. The molecule has 11 heteroatoms. The monoisotopic (exact) mass is 426 g/mol. The molecular formula is C20H18N4O7. The number of aromatic nitrogens is 1. The molecule has 9 N–H and O–H groups in total. The SMILES string of the molecule is NC(=O)C1=C(O)[C@@]2(O)C(=O)C3=C(O)c4c(c(N)cc5ncoc45)C[C@H]3C[C@H]2C(N)C1=O. The van der Waals surface area contributed by atoms with Gasteiger partial charge in [0.2, 0.25) is 5.78 Å². The first-order valence-corrected chi connectivity index (χ1v) is 9.47. The number of aliphatic hydroxyl groups is 3. The molecule has 1 saturated carbocycles. The van der Waals surface area contributed by atoms with Crippen LogP contribution in [-0.2, 0) is 20.8 Å². The van der Waals surface area contributed by atoms with Crippen molar-refractivity contribution >= 4 is 40.0 Å². The van der Waals surface area contributed by atoms with Gasteiger partial charge >= 0.3 is 0 Å². The highest BCUT2D eigenvalue weighted by Gasteiger charge is 2.63. The van der Waals surface area contributed by atoms with Crippen LogP contribution in [0.4, 0.5) is 5.69 Å². The van der Waals surface area contributed by atoms with Crippen molar-refractivity contribution < 1.29 is 34.1 Å². The fourth-order valence-electron chi connectivity index (χ4n) is 5.14. The number of amides is 1. The summed E-state index contributed by atoms with van der Waals surface area (Å²) in [4.78, 5) is 41.7. The number of fused-ring (bicyclic) bond motifs is 5. The zero-order valence-electron chi connectivity index (χ0n) is 16.0. The van der Waals surface area contributed by atoms with E-state index in [1.165, 1.54) is 6.39 Å². The zero-order chi connectivity index (χ0) is 22.4. The second-order valence-electron chi connectivity index (χ2n) is 8.10. The number of aliphatic hydroxyl groups excluding tert-OH is 2. The van der Waals surface area contributed by atoms with E-state index in [2.05, 4.69) is 4.98 Å². The molecular weight excluding hydrogens is 408 g/mol. The van der Waals surface area contributed by atoms with Gasteiger partial charge in [-0.1, -0.05) is 0 Å². The Bertz CT molecular complexity index is 1290. The van der Waals surface area contributed by atoms with E-state index in [0.717, 1.165) is 0 Å². The number of hydrogen-bond donors (Lipinski definition) is 6. The average molecular weight is 426 g/mol. The topological polar surface area (TPSA) is 216 Å². The number of hydrogen-bond acceptors (Lipinski definition) is 10. The number of carbonyl (C=O) groups excluding carboxylic acids is 3. The number of nitrogens with two attached hydrogens (primary N) is 3. The second kappa shape index (κ2) is 5.93. The minimum atomic E-state index is -2.68.